The van der Waals surface area contributed by atoms with E-state index in [0.29, 0.717) is 17.6 Å². The Morgan fingerprint density at radius 1 is 1.24 bits per heavy atom. The summed E-state index contributed by atoms with van der Waals surface area (Å²) in [6, 6.07) is 3.72. The molecule has 0 bridgehead atoms. The van der Waals surface area contributed by atoms with E-state index in [4.69, 9.17) is 4.42 Å². The Morgan fingerprint density at radius 3 is 2.52 bits per heavy atom. The standard InChI is InChI=1S/C19H26N4O5S/c1-12-4-6-15(7-5-12)22-29(26,27)16-8-9-17(18(10-16)23(24)25)20-11-19-21-13(2)14(3)28-19/h8-10,12,15,20,22H,4-7,11H2,1-3H3. The van der Waals surface area contributed by atoms with Gasteiger partial charge in [-0.05, 0) is 57.6 Å². The fourth-order valence-corrected chi connectivity index (χ4v) is 4.75. The summed E-state index contributed by atoms with van der Waals surface area (Å²) in [5, 5.41) is 14.4. The van der Waals surface area contributed by atoms with Crippen molar-refractivity contribution in [3.05, 3.63) is 45.7 Å². The Kier molecular flexibility index (Phi) is 6.23. The van der Waals surface area contributed by atoms with Gasteiger partial charge in [-0.15, -0.1) is 0 Å². The number of anilines is 1. The van der Waals surface area contributed by atoms with Gasteiger partial charge in [0.1, 0.15) is 11.4 Å². The predicted octanol–water partition coefficient (Wildman–Crippen LogP) is 3.67. The monoisotopic (exact) mass is 422 g/mol. The van der Waals surface area contributed by atoms with Gasteiger partial charge < -0.3 is 9.73 Å². The Hall–Kier alpha value is -2.46. The van der Waals surface area contributed by atoms with Crippen molar-refractivity contribution < 1.29 is 17.8 Å². The summed E-state index contributed by atoms with van der Waals surface area (Å²) in [7, 11) is -3.83. The maximum absolute atomic E-state index is 12.7. The number of nitrogens with one attached hydrogen (secondary N) is 2. The molecule has 1 saturated carbocycles. The van der Waals surface area contributed by atoms with Crippen molar-refractivity contribution in [2.75, 3.05) is 5.32 Å². The molecule has 0 amide bonds. The highest BCUT2D eigenvalue weighted by Gasteiger charge is 2.26. The molecule has 1 heterocycles. The number of nitro groups is 1. The van der Waals surface area contributed by atoms with Crippen LogP contribution in [0.25, 0.3) is 0 Å². The minimum Gasteiger partial charge on any atom is -0.444 e. The van der Waals surface area contributed by atoms with Gasteiger partial charge in [-0.2, -0.15) is 0 Å². The number of oxazole rings is 1. The lowest BCUT2D eigenvalue weighted by Crippen LogP contribution is -2.37. The van der Waals surface area contributed by atoms with Gasteiger partial charge in [0.25, 0.3) is 5.69 Å². The van der Waals surface area contributed by atoms with E-state index in [1.807, 2.05) is 6.92 Å². The van der Waals surface area contributed by atoms with Crippen molar-refractivity contribution in [3.8, 4) is 0 Å². The number of sulfonamides is 1. The maximum Gasteiger partial charge on any atom is 0.293 e. The summed E-state index contributed by atoms with van der Waals surface area (Å²) in [6.45, 7) is 5.90. The number of nitro benzene ring substituents is 1. The molecule has 1 aliphatic rings. The van der Waals surface area contributed by atoms with E-state index in [-0.39, 0.29) is 28.9 Å². The summed E-state index contributed by atoms with van der Waals surface area (Å²) >= 11 is 0. The smallest absolute Gasteiger partial charge is 0.293 e. The molecule has 1 fully saturated rings. The van der Waals surface area contributed by atoms with E-state index < -0.39 is 14.9 Å². The highest BCUT2D eigenvalue weighted by molar-refractivity contribution is 7.89. The van der Waals surface area contributed by atoms with Crippen molar-refractivity contribution in [3.63, 3.8) is 0 Å². The number of rotatable bonds is 7. The third-order valence-electron chi connectivity index (χ3n) is 5.32. The number of hydrogen-bond donors (Lipinski definition) is 2. The first-order valence-corrected chi connectivity index (χ1v) is 11.1. The zero-order chi connectivity index (χ0) is 21.2. The second-order valence-electron chi connectivity index (χ2n) is 7.62. The molecule has 1 aromatic heterocycles. The third-order valence-corrected chi connectivity index (χ3v) is 6.83. The first-order chi connectivity index (χ1) is 13.7. The molecule has 0 spiro atoms. The third kappa shape index (κ3) is 5.13. The fraction of sp³-hybridized carbons (Fsp3) is 0.526. The van der Waals surface area contributed by atoms with E-state index in [2.05, 4.69) is 21.9 Å². The number of benzene rings is 1. The molecule has 0 saturated heterocycles. The van der Waals surface area contributed by atoms with Crippen molar-refractivity contribution >= 4 is 21.4 Å². The van der Waals surface area contributed by atoms with Crippen molar-refractivity contribution in [1.29, 1.82) is 0 Å². The molecule has 0 radical (unpaired) electrons. The van der Waals surface area contributed by atoms with Crippen LogP contribution in [0.1, 0.15) is 50.0 Å². The average molecular weight is 423 g/mol. The number of aromatic nitrogens is 1. The van der Waals surface area contributed by atoms with Gasteiger partial charge in [0.15, 0.2) is 0 Å². The first-order valence-electron chi connectivity index (χ1n) is 9.63. The van der Waals surface area contributed by atoms with Crippen molar-refractivity contribution in [2.24, 2.45) is 5.92 Å². The second kappa shape index (κ2) is 8.50. The lowest BCUT2D eigenvalue weighted by molar-refractivity contribution is -0.384. The van der Waals surface area contributed by atoms with Gasteiger partial charge in [0, 0.05) is 12.1 Å². The molecule has 9 nitrogen and oxygen atoms in total. The molecule has 1 aliphatic carbocycles. The van der Waals surface area contributed by atoms with E-state index >= 15 is 0 Å². The molecule has 2 N–H and O–H groups in total. The molecular formula is C19H26N4O5S. The SMILES string of the molecule is Cc1nc(CNc2ccc(S(=O)(=O)NC3CCC(C)CC3)cc2[N+](=O)[O-])oc1C. The van der Waals surface area contributed by atoms with Crippen LogP contribution in [0.15, 0.2) is 27.5 Å². The van der Waals surface area contributed by atoms with E-state index in [9.17, 15) is 18.5 Å². The lowest BCUT2D eigenvalue weighted by atomic mass is 9.88. The minimum atomic E-state index is -3.83. The molecule has 0 aliphatic heterocycles. The zero-order valence-corrected chi connectivity index (χ0v) is 17.6. The van der Waals surface area contributed by atoms with Crippen LogP contribution in [0.5, 0.6) is 0 Å². The van der Waals surface area contributed by atoms with Crippen LogP contribution in [0, 0.1) is 29.9 Å². The van der Waals surface area contributed by atoms with Crippen LogP contribution in [0.4, 0.5) is 11.4 Å². The molecular weight excluding hydrogens is 396 g/mol. The average Bonchev–Trinajstić information content (AvgIpc) is 2.99. The minimum absolute atomic E-state index is 0.115. The maximum atomic E-state index is 12.7. The van der Waals surface area contributed by atoms with Gasteiger partial charge in [-0.1, -0.05) is 6.92 Å². The highest BCUT2D eigenvalue weighted by atomic mass is 32.2. The van der Waals surface area contributed by atoms with E-state index in [1.165, 1.54) is 12.1 Å². The summed E-state index contributed by atoms with van der Waals surface area (Å²) in [5.74, 6) is 1.68. The Labute approximate surface area is 170 Å². The summed E-state index contributed by atoms with van der Waals surface area (Å²) in [5.41, 5.74) is 0.639. The van der Waals surface area contributed by atoms with E-state index in [0.717, 1.165) is 37.4 Å². The molecule has 3 rings (SSSR count). The quantitative estimate of drug-likeness (QED) is 0.515. The van der Waals surface area contributed by atoms with Crippen LogP contribution in [0.3, 0.4) is 0 Å². The molecule has 1 aromatic carbocycles. The van der Waals surface area contributed by atoms with Gasteiger partial charge in [0.05, 0.1) is 22.1 Å². The molecule has 10 heteroatoms. The largest absolute Gasteiger partial charge is 0.444 e. The fourth-order valence-electron chi connectivity index (χ4n) is 3.43. The molecule has 29 heavy (non-hydrogen) atoms. The van der Waals surface area contributed by atoms with Crippen LogP contribution < -0.4 is 10.0 Å². The molecule has 2 aromatic rings. The number of aryl methyl sites for hydroxylation is 2. The highest BCUT2D eigenvalue weighted by Crippen LogP contribution is 2.29. The van der Waals surface area contributed by atoms with Gasteiger partial charge in [-0.25, -0.2) is 18.1 Å². The lowest BCUT2D eigenvalue weighted by Gasteiger charge is -2.26. The molecule has 0 atom stereocenters. The van der Waals surface area contributed by atoms with Gasteiger partial charge in [0.2, 0.25) is 15.9 Å². The Morgan fingerprint density at radius 2 is 1.93 bits per heavy atom. The van der Waals surface area contributed by atoms with Gasteiger partial charge >= 0.3 is 0 Å². The zero-order valence-electron chi connectivity index (χ0n) is 16.8. The normalized spacial score (nSPS) is 19.8. The topological polar surface area (TPSA) is 127 Å². The Balaban J connectivity index is 1.76. The summed E-state index contributed by atoms with van der Waals surface area (Å²) in [6.07, 6.45) is 3.49. The summed E-state index contributed by atoms with van der Waals surface area (Å²) in [4.78, 5) is 15.0. The van der Waals surface area contributed by atoms with Crippen LogP contribution in [-0.2, 0) is 16.6 Å². The van der Waals surface area contributed by atoms with Crippen LogP contribution in [0.2, 0.25) is 0 Å². The Bertz CT molecular complexity index is 975. The van der Waals surface area contributed by atoms with Crippen LogP contribution in [-0.4, -0.2) is 24.4 Å². The predicted molar refractivity (Wildman–Crippen MR) is 108 cm³/mol. The number of nitrogens with zero attached hydrogens (tertiary/aromatic N) is 2. The van der Waals surface area contributed by atoms with E-state index in [1.54, 1.807) is 6.92 Å². The van der Waals surface area contributed by atoms with Crippen molar-refractivity contribution in [1.82, 2.24) is 9.71 Å². The van der Waals surface area contributed by atoms with Gasteiger partial charge in [-0.3, -0.25) is 10.1 Å². The second-order valence-corrected chi connectivity index (χ2v) is 9.33. The summed E-state index contributed by atoms with van der Waals surface area (Å²) < 4.78 is 33.6. The van der Waals surface area contributed by atoms with Crippen molar-refractivity contribution in [2.45, 2.75) is 63.9 Å². The first kappa shape index (κ1) is 21.3. The number of hydrogen-bond acceptors (Lipinski definition) is 7. The molecule has 0 unspecified atom stereocenters. The molecule has 158 valence electrons. The van der Waals surface area contributed by atoms with Crippen LogP contribution >= 0.6 is 0 Å².